The Bertz CT molecular complexity index is 915. The van der Waals surface area contributed by atoms with Gasteiger partial charge in [0.1, 0.15) is 5.76 Å². The van der Waals surface area contributed by atoms with E-state index in [0.717, 1.165) is 11.3 Å². The zero-order chi connectivity index (χ0) is 19.1. The zero-order valence-corrected chi connectivity index (χ0v) is 16.8. The topological polar surface area (TPSA) is 70.8 Å². The molecule has 1 amide bonds. The fourth-order valence-electron chi connectivity index (χ4n) is 3.72. The fourth-order valence-corrected chi connectivity index (χ4v) is 6.50. The number of thioether (sulfide) groups is 1. The Morgan fingerprint density at radius 3 is 2.48 bits per heavy atom. The van der Waals surface area contributed by atoms with Crippen LogP contribution in [0, 0.1) is 6.92 Å². The molecule has 1 aromatic heterocycles. The summed E-state index contributed by atoms with van der Waals surface area (Å²) in [5, 5.41) is 0. The lowest BCUT2D eigenvalue weighted by molar-refractivity contribution is -0.132. The van der Waals surface area contributed by atoms with Crippen molar-refractivity contribution in [1.29, 1.82) is 0 Å². The highest BCUT2D eigenvalue weighted by Crippen LogP contribution is 2.45. The smallest absolute Gasteiger partial charge is 0.243 e. The first-order valence-electron chi connectivity index (χ1n) is 8.94. The van der Waals surface area contributed by atoms with Crippen LogP contribution in [0.3, 0.4) is 0 Å². The van der Waals surface area contributed by atoms with E-state index in [2.05, 4.69) is 0 Å². The van der Waals surface area contributed by atoms with Crippen LogP contribution >= 0.6 is 11.8 Å². The van der Waals surface area contributed by atoms with Gasteiger partial charge < -0.3 is 9.32 Å². The van der Waals surface area contributed by atoms with Gasteiger partial charge >= 0.3 is 0 Å². The molecule has 0 radical (unpaired) electrons. The molecular weight excluding hydrogens is 384 g/mol. The lowest BCUT2D eigenvalue weighted by atomic mass is 10.0. The second-order valence-corrected chi connectivity index (χ2v) is 10.3. The average molecular weight is 407 g/mol. The van der Waals surface area contributed by atoms with Crippen LogP contribution in [0.2, 0.25) is 0 Å². The molecule has 2 aliphatic heterocycles. The predicted molar refractivity (Wildman–Crippen MR) is 104 cm³/mol. The first kappa shape index (κ1) is 18.6. The number of furan rings is 1. The van der Waals surface area contributed by atoms with E-state index in [1.54, 1.807) is 30.2 Å². The van der Waals surface area contributed by atoms with Crippen molar-refractivity contribution in [3.63, 3.8) is 0 Å². The maximum absolute atomic E-state index is 12.9. The molecule has 0 saturated carbocycles. The average Bonchev–Trinajstić information content (AvgIpc) is 3.27. The second kappa shape index (κ2) is 7.00. The standard InChI is InChI=1S/C19H22N2O4S2/c1-15-4-6-17(7-5-15)27(23,24)20-10-8-19(9-11-20)21(18(22)14-26-19)13-16-3-2-12-25-16/h2-7,12H,8-11,13-14H2,1H3. The maximum Gasteiger partial charge on any atom is 0.243 e. The number of piperidine rings is 1. The summed E-state index contributed by atoms with van der Waals surface area (Å²) in [5.41, 5.74) is 1.03. The SMILES string of the molecule is Cc1ccc(S(=O)(=O)N2CCC3(CC2)SCC(=O)N3Cc2ccco2)cc1. The predicted octanol–water partition coefficient (Wildman–Crippen LogP) is 2.84. The first-order valence-corrected chi connectivity index (χ1v) is 11.4. The van der Waals surface area contributed by atoms with Crippen LogP contribution in [-0.2, 0) is 21.4 Å². The van der Waals surface area contributed by atoms with Gasteiger partial charge in [-0.15, -0.1) is 11.8 Å². The van der Waals surface area contributed by atoms with Crippen molar-refractivity contribution < 1.29 is 17.6 Å². The third kappa shape index (κ3) is 3.41. The number of carbonyl (C=O) groups excluding carboxylic acids is 1. The molecule has 8 heteroatoms. The Hall–Kier alpha value is -1.77. The van der Waals surface area contributed by atoms with Crippen LogP contribution in [0.1, 0.15) is 24.2 Å². The Morgan fingerprint density at radius 2 is 1.85 bits per heavy atom. The van der Waals surface area contributed by atoms with E-state index in [0.29, 0.717) is 43.1 Å². The number of aryl methyl sites for hydroxylation is 1. The molecule has 1 spiro atoms. The molecule has 0 aliphatic carbocycles. The number of hydrogen-bond acceptors (Lipinski definition) is 5. The van der Waals surface area contributed by atoms with Gasteiger partial charge in [0.25, 0.3) is 0 Å². The van der Waals surface area contributed by atoms with Crippen molar-refractivity contribution >= 4 is 27.7 Å². The summed E-state index contributed by atoms with van der Waals surface area (Å²) < 4.78 is 32.8. The molecule has 4 rings (SSSR count). The first-order chi connectivity index (χ1) is 12.9. The number of nitrogens with zero attached hydrogens (tertiary/aromatic N) is 2. The lowest BCUT2D eigenvalue weighted by Gasteiger charge is -2.43. The van der Waals surface area contributed by atoms with Crippen LogP contribution in [0.5, 0.6) is 0 Å². The van der Waals surface area contributed by atoms with Crippen LogP contribution in [-0.4, -0.2) is 47.2 Å². The van der Waals surface area contributed by atoms with Crippen molar-refractivity contribution in [3.8, 4) is 0 Å². The molecule has 2 aromatic rings. The quantitative estimate of drug-likeness (QED) is 0.781. The Balaban J connectivity index is 1.50. The summed E-state index contributed by atoms with van der Waals surface area (Å²) in [6, 6.07) is 10.6. The molecule has 1 aromatic carbocycles. The van der Waals surface area contributed by atoms with Gasteiger partial charge in [-0.1, -0.05) is 17.7 Å². The van der Waals surface area contributed by atoms with Crippen LogP contribution in [0.25, 0.3) is 0 Å². The van der Waals surface area contributed by atoms with Gasteiger partial charge in [0.05, 0.1) is 28.3 Å². The molecule has 144 valence electrons. The minimum absolute atomic E-state index is 0.0891. The number of carbonyl (C=O) groups is 1. The molecule has 0 bridgehead atoms. The van der Waals surface area contributed by atoms with Gasteiger partial charge in [0.2, 0.25) is 15.9 Å². The Morgan fingerprint density at radius 1 is 1.15 bits per heavy atom. The molecule has 2 fully saturated rings. The number of amides is 1. The van der Waals surface area contributed by atoms with E-state index in [4.69, 9.17) is 4.42 Å². The summed E-state index contributed by atoms with van der Waals surface area (Å²) in [5.74, 6) is 1.27. The van der Waals surface area contributed by atoms with Gasteiger partial charge in [0.15, 0.2) is 0 Å². The van der Waals surface area contributed by atoms with E-state index in [1.165, 1.54) is 4.31 Å². The molecular formula is C19H22N2O4S2. The monoisotopic (exact) mass is 406 g/mol. The highest BCUT2D eigenvalue weighted by atomic mass is 32.2. The minimum atomic E-state index is -3.50. The van der Waals surface area contributed by atoms with Gasteiger partial charge in [0, 0.05) is 13.1 Å². The number of hydrogen-bond donors (Lipinski definition) is 0. The lowest BCUT2D eigenvalue weighted by Crippen LogP contribution is -2.52. The van der Waals surface area contributed by atoms with Crippen LogP contribution < -0.4 is 0 Å². The minimum Gasteiger partial charge on any atom is -0.467 e. The summed E-state index contributed by atoms with van der Waals surface area (Å²) in [6.07, 6.45) is 2.84. The number of sulfonamides is 1. The molecule has 2 aliphatic rings. The highest BCUT2D eigenvalue weighted by Gasteiger charge is 2.49. The third-order valence-corrected chi connectivity index (χ3v) is 8.78. The number of benzene rings is 1. The second-order valence-electron chi connectivity index (χ2n) is 7.01. The van der Waals surface area contributed by atoms with E-state index in [9.17, 15) is 13.2 Å². The Labute approximate surface area is 163 Å². The third-order valence-electron chi connectivity index (χ3n) is 5.31. The van der Waals surface area contributed by atoms with Gasteiger partial charge in [-0.3, -0.25) is 4.79 Å². The molecule has 0 atom stereocenters. The van der Waals surface area contributed by atoms with Crippen molar-refractivity contribution in [2.24, 2.45) is 0 Å². The summed E-state index contributed by atoms with van der Waals surface area (Å²) in [6.45, 7) is 3.18. The highest BCUT2D eigenvalue weighted by molar-refractivity contribution is 8.01. The van der Waals surface area contributed by atoms with E-state index < -0.39 is 10.0 Å². The molecule has 0 unspecified atom stereocenters. The normalized spacial score (nSPS) is 20.5. The van der Waals surface area contributed by atoms with Gasteiger partial charge in [-0.2, -0.15) is 4.31 Å². The van der Waals surface area contributed by atoms with Gasteiger partial charge in [-0.25, -0.2) is 8.42 Å². The van der Waals surface area contributed by atoms with Crippen molar-refractivity contribution in [1.82, 2.24) is 9.21 Å². The number of rotatable bonds is 4. The Kier molecular flexibility index (Phi) is 4.82. The molecule has 2 saturated heterocycles. The maximum atomic E-state index is 12.9. The molecule has 0 N–H and O–H groups in total. The van der Waals surface area contributed by atoms with Gasteiger partial charge in [-0.05, 0) is 44.0 Å². The zero-order valence-electron chi connectivity index (χ0n) is 15.1. The van der Waals surface area contributed by atoms with Crippen molar-refractivity contribution in [2.45, 2.75) is 36.1 Å². The molecule has 27 heavy (non-hydrogen) atoms. The van der Waals surface area contributed by atoms with Crippen molar-refractivity contribution in [3.05, 3.63) is 54.0 Å². The van der Waals surface area contributed by atoms with Crippen LogP contribution in [0.15, 0.2) is 52.0 Å². The summed E-state index contributed by atoms with van der Waals surface area (Å²) >= 11 is 1.63. The summed E-state index contributed by atoms with van der Waals surface area (Å²) in [7, 11) is -3.50. The largest absolute Gasteiger partial charge is 0.467 e. The van der Waals surface area contributed by atoms with E-state index >= 15 is 0 Å². The molecule has 3 heterocycles. The van der Waals surface area contributed by atoms with E-state index in [-0.39, 0.29) is 10.8 Å². The fraction of sp³-hybridized carbons (Fsp3) is 0.421. The summed E-state index contributed by atoms with van der Waals surface area (Å²) in [4.78, 5) is 14.3. The molecule has 6 nitrogen and oxygen atoms in total. The van der Waals surface area contributed by atoms with Crippen molar-refractivity contribution in [2.75, 3.05) is 18.8 Å². The van der Waals surface area contributed by atoms with E-state index in [1.807, 2.05) is 36.1 Å². The van der Waals surface area contributed by atoms with Crippen LogP contribution in [0.4, 0.5) is 0 Å².